The van der Waals surface area contributed by atoms with Gasteiger partial charge in [0.15, 0.2) is 23.0 Å². The van der Waals surface area contributed by atoms with Gasteiger partial charge < -0.3 is 28.4 Å². The average molecular weight is 473 g/mol. The second-order valence-electron chi connectivity index (χ2n) is 7.58. The summed E-state index contributed by atoms with van der Waals surface area (Å²) >= 11 is 0. The molecule has 186 valence electrons. The molecular formula is C27H36O7. The van der Waals surface area contributed by atoms with E-state index in [1.807, 2.05) is 37.3 Å². The zero-order chi connectivity index (χ0) is 24.9. The Bertz CT molecular complexity index is 927. The summed E-state index contributed by atoms with van der Waals surface area (Å²) in [6.45, 7) is 7.07. The largest absolute Gasteiger partial charge is 0.493 e. The van der Waals surface area contributed by atoms with Gasteiger partial charge in [-0.1, -0.05) is 25.5 Å². The van der Waals surface area contributed by atoms with Crippen LogP contribution in [0.2, 0.25) is 0 Å². The highest BCUT2D eigenvalue weighted by Crippen LogP contribution is 2.41. The lowest BCUT2D eigenvalue weighted by Gasteiger charge is -2.17. The van der Waals surface area contributed by atoms with Gasteiger partial charge in [0.1, 0.15) is 0 Å². The van der Waals surface area contributed by atoms with E-state index in [1.54, 1.807) is 28.4 Å². The van der Waals surface area contributed by atoms with Gasteiger partial charge in [0, 0.05) is 6.42 Å². The number of carbonyl (C=O) groups is 1. The van der Waals surface area contributed by atoms with E-state index in [4.69, 9.17) is 28.4 Å². The van der Waals surface area contributed by atoms with Crippen LogP contribution in [0, 0.1) is 0 Å². The molecule has 2 aromatic carbocycles. The maximum atomic E-state index is 11.4. The minimum atomic E-state index is -0.132. The molecule has 0 aliphatic rings. The molecule has 7 heteroatoms. The second-order valence-corrected chi connectivity index (χ2v) is 7.58. The number of hydrogen-bond donors (Lipinski definition) is 0. The van der Waals surface area contributed by atoms with Crippen molar-refractivity contribution < 1.29 is 33.2 Å². The van der Waals surface area contributed by atoms with Gasteiger partial charge in [0.25, 0.3) is 0 Å². The Hall–Kier alpha value is -3.35. The molecule has 0 amide bonds. The summed E-state index contributed by atoms with van der Waals surface area (Å²) in [7, 11) is 6.35. The van der Waals surface area contributed by atoms with E-state index >= 15 is 0 Å². The average Bonchev–Trinajstić information content (AvgIpc) is 2.86. The summed E-state index contributed by atoms with van der Waals surface area (Å²) < 4.78 is 32.8. The maximum Gasteiger partial charge on any atom is 0.305 e. The van der Waals surface area contributed by atoms with Crippen molar-refractivity contribution in [2.24, 2.45) is 0 Å². The van der Waals surface area contributed by atoms with E-state index in [1.165, 1.54) is 0 Å². The van der Waals surface area contributed by atoms with Gasteiger partial charge in [-0.2, -0.15) is 0 Å². The predicted octanol–water partition coefficient (Wildman–Crippen LogP) is 5.67. The Balaban J connectivity index is 2.04. The first-order chi connectivity index (χ1) is 16.5. The molecule has 0 fully saturated rings. The summed E-state index contributed by atoms with van der Waals surface area (Å²) in [5.41, 5.74) is 2.51. The van der Waals surface area contributed by atoms with Crippen LogP contribution in [0.25, 0.3) is 5.57 Å². The number of unbranched alkanes of at least 4 members (excludes halogenated alkanes) is 3. The highest BCUT2D eigenvalue weighted by molar-refractivity contribution is 5.81. The summed E-state index contributed by atoms with van der Waals surface area (Å²) in [6.07, 6.45) is 4.10. The van der Waals surface area contributed by atoms with Crippen molar-refractivity contribution in [2.75, 3.05) is 41.7 Å². The van der Waals surface area contributed by atoms with Gasteiger partial charge >= 0.3 is 5.97 Å². The van der Waals surface area contributed by atoms with E-state index in [0.29, 0.717) is 48.4 Å². The molecule has 0 unspecified atom stereocenters. The van der Waals surface area contributed by atoms with Gasteiger partial charge in [0.2, 0.25) is 5.75 Å². The highest BCUT2D eigenvalue weighted by Gasteiger charge is 2.16. The smallest absolute Gasteiger partial charge is 0.305 e. The molecule has 34 heavy (non-hydrogen) atoms. The van der Waals surface area contributed by atoms with Gasteiger partial charge in [-0.3, -0.25) is 4.79 Å². The van der Waals surface area contributed by atoms with Crippen molar-refractivity contribution in [1.82, 2.24) is 0 Å². The van der Waals surface area contributed by atoms with Gasteiger partial charge in [-0.05, 0) is 60.7 Å². The van der Waals surface area contributed by atoms with Gasteiger partial charge in [0.05, 0.1) is 41.7 Å². The number of carbonyl (C=O) groups excluding carboxylic acids is 1. The van der Waals surface area contributed by atoms with Gasteiger partial charge in [-0.25, -0.2) is 0 Å². The summed E-state index contributed by atoms with van der Waals surface area (Å²) in [4.78, 5) is 11.4. The summed E-state index contributed by atoms with van der Waals surface area (Å²) in [6, 6.07) is 9.46. The lowest BCUT2D eigenvalue weighted by molar-refractivity contribution is -0.143. The molecule has 0 N–H and O–H groups in total. The summed E-state index contributed by atoms with van der Waals surface area (Å²) in [5.74, 6) is 2.83. The van der Waals surface area contributed by atoms with Crippen molar-refractivity contribution in [1.29, 1.82) is 0 Å². The third kappa shape index (κ3) is 7.33. The van der Waals surface area contributed by atoms with E-state index in [2.05, 4.69) is 6.58 Å². The van der Waals surface area contributed by atoms with Crippen LogP contribution >= 0.6 is 0 Å². The molecule has 0 aliphatic carbocycles. The Morgan fingerprint density at radius 2 is 1.38 bits per heavy atom. The van der Waals surface area contributed by atoms with Crippen LogP contribution in [0.3, 0.4) is 0 Å². The maximum absolute atomic E-state index is 11.4. The van der Waals surface area contributed by atoms with Crippen LogP contribution in [0.4, 0.5) is 0 Å². The fraction of sp³-hybridized carbons (Fsp3) is 0.444. The third-order valence-corrected chi connectivity index (χ3v) is 5.36. The minimum absolute atomic E-state index is 0.132. The number of benzene rings is 2. The molecule has 2 aromatic rings. The van der Waals surface area contributed by atoms with E-state index in [9.17, 15) is 4.79 Å². The minimum Gasteiger partial charge on any atom is -0.493 e. The van der Waals surface area contributed by atoms with E-state index in [0.717, 1.165) is 42.4 Å². The van der Waals surface area contributed by atoms with Crippen molar-refractivity contribution in [3.8, 4) is 28.7 Å². The number of rotatable bonds is 15. The molecule has 0 bridgehead atoms. The SMILES string of the molecule is C=C(c1ccc(OC)c(OCCCCCCC(=O)OCC)c1)c1cc(OC)c(OC)c(OC)c1. The fourth-order valence-electron chi connectivity index (χ4n) is 3.54. The molecule has 0 saturated heterocycles. The molecule has 7 nitrogen and oxygen atoms in total. The molecule has 0 aliphatic heterocycles. The Kier molecular flexibility index (Phi) is 11.1. The lowest BCUT2D eigenvalue weighted by Crippen LogP contribution is -2.03. The van der Waals surface area contributed by atoms with E-state index < -0.39 is 0 Å². The molecule has 0 spiro atoms. The van der Waals surface area contributed by atoms with Crippen molar-refractivity contribution in [3.63, 3.8) is 0 Å². The quantitative estimate of drug-likeness (QED) is 0.244. The highest BCUT2D eigenvalue weighted by atomic mass is 16.5. The van der Waals surface area contributed by atoms with Crippen molar-refractivity contribution in [2.45, 2.75) is 39.0 Å². The number of hydrogen-bond acceptors (Lipinski definition) is 7. The first-order valence-corrected chi connectivity index (χ1v) is 11.4. The van der Waals surface area contributed by atoms with Gasteiger partial charge in [-0.15, -0.1) is 0 Å². The third-order valence-electron chi connectivity index (χ3n) is 5.36. The molecule has 0 saturated carbocycles. The van der Waals surface area contributed by atoms with Crippen LogP contribution in [0.1, 0.15) is 50.2 Å². The Morgan fingerprint density at radius 1 is 0.765 bits per heavy atom. The second kappa shape index (κ2) is 14.0. The monoisotopic (exact) mass is 472 g/mol. The standard InChI is InChI=1S/C27H36O7/c1-7-33-26(28)12-10-8-9-11-15-34-23-16-20(13-14-22(23)29-3)19(2)21-17-24(30-4)27(32-6)25(18-21)31-5/h13-14,16-18H,2,7-12,15H2,1,3-6H3. The van der Waals surface area contributed by atoms with Crippen LogP contribution in [0.5, 0.6) is 28.7 Å². The molecular weight excluding hydrogens is 436 g/mol. The summed E-state index contributed by atoms with van der Waals surface area (Å²) in [5, 5.41) is 0. The van der Waals surface area contributed by atoms with E-state index in [-0.39, 0.29) is 5.97 Å². The number of methoxy groups -OCH3 is 4. The van der Waals surface area contributed by atoms with Crippen LogP contribution < -0.4 is 23.7 Å². The number of ether oxygens (including phenoxy) is 6. The normalized spacial score (nSPS) is 10.4. The molecule has 0 radical (unpaired) electrons. The fourth-order valence-corrected chi connectivity index (χ4v) is 3.54. The topological polar surface area (TPSA) is 72.5 Å². The van der Waals surface area contributed by atoms with Crippen LogP contribution in [0.15, 0.2) is 36.9 Å². The zero-order valence-corrected chi connectivity index (χ0v) is 20.9. The molecule has 0 atom stereocenters. The molecule has 0 heterocycles. The first-order valence-electron chi connectivity index (χ1n) is 11.4. The molecule has 2 rings (SSSR count). The number of esters is 1. The van der Waals surface area contributed by atoms with Crippen LogP contribution in [-0.4, -0.2) is 47.6 Å². The first kappa shape index (κ1) is 26.9. The Morgan fingerprint density at radius 3 is 1.97 bits per heavy atom. The lowest BCUT2D eigenvalue weighted by atomic mass is 9.98. The van der Waals surface area contributed by atoms with Crippen LogP contribution in [-0.2, 0) is 9.53 Å². The van der Waals surface area contributed by atoms with Crippen molar-refractivity contribution >= 4 is 11.5 Å². The van der Waals surface area contributed by atoms with Crippen molar-refractivity contribution in [3.05, 3.63) is 48.0 Å². The Labute approximate surface area is 202 Å². The zero-order valence-electron chi connectivity index (χ0n) is 20.9. The molecule has 0 aromatic heterocycles. The predicted molar refractivity (Wildman–Crippen MR) is 132 cm³/mol.